The molecule has 1 aliphatic carbocycles. The second-order valence-corrected chi connectivity index (χ2v) is 5.85. The lowest BCUT2D eigenvalue weighted by molar-refractivity contribution is 0.226. The maximum atomic E-state index is 12.8. The minimum absolute atomic E-state index is 0.0131. The third kappa shape index (κ3) is 3.09. The van der Waals surface area contributed by atoms with Crippen molar-refractivity contribution in [3.8, 4) is 0 Å². The zero-order chi connectivity index (χ0) is 18.0. The van der Waals surface area contributed by atoms with Gasteiger partial charge in [0.2, 0.25) is 0 Å². The molecule has 0 unspecified atom stereocenters. The van der Waals surface area contributed by atoms with Gasteiger partial charge in [-0.15, -0.1) is 0 Å². The van der Waals surface area contributed by atoms with Gasteiger partial charge in [-0.05, 0) is 30.0 Å². The minimum Gasteiger partial charge on any atom is -0.394 e. The molecule has 1 aromatic carbocycles. The number of halogens is 2. The first kappa shape index (κ1) is 17.0. The molecule has 1 saturated carbocycles. The summed E-state index contributed by atoms with van der Waals surface area (Å²) in [5, 5.41) is 4.03. The average molecular weight is 344 g/mol. The number of nitrogens with two attached hydrogens (primary N) is 1. The topological polar surface area (TPSA) is 77.3 Å². The van der Waals surface area contributed by atoms with E-state index in [-0.39, 0.29) is 17.0 Å². The van der Waals surface area contributed by atoms with E-state index in [1.807, 2.05) is 24.3 Å². The molecule has 7 heteroatoms. The van der Waals surface area contributed by atoms with Crippen LogP contribution in [0.1, 0.15) is 35.7 Å². The van der Waals surface area contributed by atoms with Gasteiger partial charge in [0.05, 0.1) is 11.1 Å². The molecule has 1 fully saturated rings. The highest BCUT2D eigenvalue weighted by molar-refractivity contribution is 6.01. The summed E-state index contributed by atoms with van der Waals surface area (Å²) in [5.41, 5.74) is 7.09. The zero-order valence-electron chi connectivity index (χ0n) is 13.7. The van der Waals surface area contributed by atoms with Crippen molar-refractivity contribution in [1.29, 1.82) is 0 Å². The molecule has 0 bridgehead atoms. The Morgan fingerprint density at radius 2 is 2.12 bits per heavy atom. The summed E-state index contributed by atoms with van der Waals surface area (Å²) < 4.78 is 30.7. The highest BCUT2D eigenvalue weighted by Crippen LogP contribution is 2.53. The van der Waals surface area contributed by atoms with E-state index in [1.54, 1.807) is 6.08 Å². The molecule has 0 aliphatic heterocycles. The number of rotatable bonds is 6. The molecular formula is C18H18F2N4O. The summed E-state index contributed by atoms with van der Waals surface area (Å²) in [6.45, 7) is 3.84. The number of hydrogen-bond donors (Lipinski definition) is 1. The molecule has 2 N–H and O–H groups in total. The van der Waals surface area contributed by atoms with E-state index in [4.69, 9.17) is 10.3 Å². The normalized spacial score (nSPS) is 17.0. The van der Waals surface area contributed by atoms with Crippen LogP contribution in [-0.4, -0.2) is 29.3 Å². The van der Waals surface area contributed by atoms with Crippen molar-refractivity contribution >= 4 is 17.5 Å². The van der Waals surface area contributed by atoms with E-state index >= 15 is 0 Å². The number of allylic oxidation sites excluding steroid dienone is 1. The first-order chi connectivity index (χ1) is 12.0. The van der Waals surface area contributed by atoms with Crippen molar-refractivity contribution in [3.05, 3.63) is 59.8 Å². The molecule has 1 heterocycles. The number of aromatic nitrogens is 2. The Balaban J connectivity index is 1.94. The van der Waals surface area contributed by atoms with E-state index < -0.39 is 12.1 Å². The predicted molar refractivity (Wildman–Crippen MR) is 92.4 cm³/mol. The molecule has 5 nitrogen and oxygen atoms in total. The lowest BCUT2D eigenvalue weighted by Crippen LogP contribution is -2.13. The van der Waals surface area contributed by atoms with Crippen molar-refractivity contribution in [2.24, 2.45) is 10.7 Å². The van der Waals surface area contributed by atoms with Crippen molar-refractivity contribution < 1.29 is 13.3 Å². The molecule has 0 amide bonds. The maximum Gasteiger partial charge on any atom is 0.279 e. The lowest BCUT2D eigenvalue weighted by atomic mass is 9.90. The van der Waals surface area contributed by atoms with Crippen LogP contribution >= 0.6 is 0 Å². The van der Waals surface area contributed by atoms with Crippen LogP contribution < -0.4 is 5.73 Å². The van der Waals surface area contributed by atoms with Gasteiger partial charge in [0.1, 0.15) is 5.71 Å². The third-order valence-corrected chi connectivity index (χ3v) is 4.33. The minimum atomic E-state index is -2.72. The van der Waals surface area contributed by atoms with Gasteiger partial charge in [0.25, 0.3) is 12.3 Å². The Kier molecular flexibility index (Phi) is 4.48. The number of benzene rings is 1. The van der Waals surface area contributed by atoms with Crippen LogP contribution in [0.5, 0.6) is 0 Å². The van der Waals surface area contributed by atoms with Gasteiger partial charge < -0.3 is 10.3 Å². The summed E-state index contributed by atoms with van der Waals surface area (Å²) in [6.07, 6.45) is 1.87. The Labute approximate surface area is 144 Å². The second kappa shape index (κ2) is 6.58. The Morgan fingerprint density at radius 1 is 1.40 bits per heavy atom. The summed E-state index contributed by atoms with van der Waals surface area (Å²) >= 11 is 0. The van der Waals surface area contributed by atoms with Gasteiger partial charge in [0, 0.05) is 7.05 Å². The second-order valence-electron chi connectivity index (χ2n) is 5.85. The predicted octanol–water partition coefficient (Wildman–Crippen LogP) is 3.43. The van der Waals surface area contributed by atoms with Gasteiger partial charge in [-0.2, -0.15) is 4.98 Å². The van der Waals surface area contributed by atoms with Crippen LogP contribution in [0, 0.1) is 0 Å². The standard InChI is InChI=1S/C18H18F2N4O/c1-3-11-6-4-5-7-12(11)18(8-9-18)17-23-16(25-24-17)13(21)10-14(22-2)15(19)20/h3-7,10,15H,1,8-9,21H2,2H3/b13-10-,22-14?. The zero-order valence-corrected chi connectivity index (χ0v) is 13.7. The Bertz CT molecular complexity index is 850. The molecule has 0 saturated heterocycles. The summed E-state index contributed by atoms with van der Waals surface area (Å²) in [6, 6.07) is 7.88. The fraction of sp³-hybridized carbons (Fsp3) is 0.278. The van der Waals surface area contributed by atoms with Crippen molar-refractivity contribution in [2.75, 3.05) is 7.05 Å². The summed E-state index contributed by atoms with van der Waals surface area (Å²) in [7, 11) is 1.27. The van der Waals surface area contributed by atoms with Crippen molar-refractivity contribution in [3.63, 3.8) is 0 Å². The number of nitrogens with zero attached hydrogens (tertiary/aromatic N) is 3. The Morgan fingerprint density at radius 3 is 2.72 bits per heavy atom. The van der Waals surface area contributed by atoms with Gasteiger partial charge in [0.15, 0.2) is 5.82 Å². The smallest absolute Gasteiger partial charge is 0.279 e. The first-order valence-corrected chi connectivity index (χ1v) is 7.80. The number of aliphatic imine (C=N–C) groups is 1. The molecule has 1 aliphatic rings. The molecule has 2 aromatic rings. The average Bonchev–Trinajstić information content (AvgIpc) is 3.28. The monoisotopic (exact) mass is 344 g/mol. The largest absolute Gasteiger partial charge is 0.394 e. The van der Waals surface area contributed by atoms with Gasteiger partial charge in [-0.25, -0.2) is 8.78 Å². The summed E-state index contributed by atoms with van der Waals surface area (Å²) in [4.78, 5) is 7.84. The van der Waals surface area contributed by atoms with Crippen LogP contribution in [0.15, 0.2) is 46.4 Å². The van der Waals surface area contributed by atoms with E-state index in [9.17, 15) is 8.78 Å². The van der Waals surface area contributed by atoms with E-state index in [0.717, 1.165) is 30.0 Å². The van der Waals surface area contributed by atoms with Crippen LogP contribution in [-0.2, 0) is 5.41 Å². The summed E-state index contributed by atoms with van der Waals surface area (Å²) in [5.74, 6) is 0.513. The highest BCUT2D eigenvalue weighted by Gasteiger charge is 2.50. The molecule has 130 valence electrons. The van der Waals surface area contributed by atoms with Crippen molar-refractivity contribution in [1.82, 2.24) is 10.1 Å². The molecule has 0 atom stereocenters. The molecule has 1 aromatic heterocycles. The van der Waals surface area contributed by atoms with Crippen LogP contribution in [0.3, 0.4) is 0 Å². The van der Waals surface area contributed by atoms with Gasteiger partial charge in [-0.1, -0.05) is 42.1 Å². The maximum absolute atomic E-state index is 12.8. The fourth-order valence-corrected chi connectivity index (χ4v) is 2.83. The highest BCUT2D eigenvalue weighted by atomic mass is 19.3. The molecule has 0 spiro atoms. The quantitative estimate of drug-likeness (QED) is 0.815. The van der Waals surface area contributed by atoms with E-state index in [0.29, 0.717) is 5.82 Å². The van der Waals surface area contributed by atoms with E-state index in [2.05, 4.69) is 21.7 Å². The molecular weight excluding hydrogens is 326 g/mol. The molecule has 25 heavy (non-hydrogen) atoms. The van der Waals surface area contributed by atoms with Gasteiger partial charge >= 0.3 is 0 Å². The SMILES string of the molecule is C=Cc1ccccc1C1(c2noc(/C(N)=C/C(=NC)C(F)F)n2)CC1. The number of hydrogen-bond acceptors (Lipinski definition) is 5. The fourth-order valence-electron chi connectivity index (χ4n) is 2.83. The molecule has 0 radical (unpaired) electrons. The van der Waals surface area contributed by atoms with E-state index in [1.165, 1.54) is 7.05 Å². The van der Waals surface area contributed by atoms with Gasteiger partial charge in [-0.3, -0.25) is 4.99 Å². The lowest BCUT2D eigenvalue weighted by Gasteiger charge is -2.14. The first-order valence-electron chi connectivity index (χ1n) is 7.80. The Hall–Kier alpha value is -2.83. The molecule has 3 rings (SSSR count). The number of alkyl halides is 2. The van der Waals surface area contributed by atoms with Crippen molar-refractivity contribution in [2.45, 2.75) is 24.7 Å². The third-order valence-electron chi connectivity index (χ3n) is 4.33. The van der Waals surface area contributed by atoms with Crippen LogP contribution in [0.2, 0.25) is 0 Å². The van der Waals surface area contributed by atoms with Crippen LogP contribution in [0.25, 0.3) is 11.8 Å². The van der Waals surface area contributed by atoms with Crippen LogP contribution in [0.4, 0.5) is 8.78 Å².